The van der Waals surface area contributed by atoms with Crippen LogP contribution >= 0.6 is 31.9 Å². The summed E-state index contributed by atoms with van der Waals surface area (Å²) < 4.78 is 55.7. The number of halogens is 6. The van der Waals surface area contributed by atoms with Crippen LogP contribution in [0.2, 0.25) is 0 Å². The summed E-state index contributed by atoms with van der Waals surface area (Å²) in [6.07, 6.45) is 0. The van der Waals surface area contributed by atoms with Gasteiger partial charge in [0.05, 0.1) is 9.30 Å². The summed E-state index contributed by atoms with van der Waals surface area (Å²) >= 11 is 6.17. The van der Waals surface area contributed by atoms with Gasteiger partial charge >= 0.3 is 6.61 Å². The molecule has 1 atom stereocenters. The van der Waals surface area contributed by atoms with Crippen LogP contribution in [0.15, 0.2) is 40.9 Å². The number of rotatable bonds is 4. The first kappa shape index (κ1) is 16.3. The van der Waals surface area contributed by atoms with Crippen molar-refractivity contribution >= 4 is 31.9 Å². The maximum Gasteiger partial charge on any atom is 0.387 e. The number of benzene rings is 2. The molecule has 0 fully saturated rings. The van der Waals surface area contributed by atoms with Gasteiger partial charge < -0.3 is 4.74 Å². The first-order valence-corrected chi connectivity index (χ1v) is 7.42. The summed E-state index contributed by atoms with van der Waals surface area (Å²) in [5.41, 5.74) is 0.690. The molecule has 7 heteroatoms. The highest BCUT2D eigenvalue weighted by atomic mass is 79.9. The van der Waals surface area contributed by atoms with Gasteiger partial charge in [0.15, 0.2) is 0 Å². The highest BCUT2D eigenvalue weighted by Crippen LogP contribution is 2.35. The van der Waals surface area contributed by atoms with Gasteiger partial charge in [-0.25, -0.2) is 8.78 Å². The zero-order valence-corrected chi connectivity index (χ0v) is 13.5. The fraction of sp³-hybridized carbons (Fsp3) is 0.143. The minimum absolute atomic E-state index is 0.00379. The van der Waals surface area contributed by atoms with Crippen molar-refractivity contribution in [2.45, 2.75) is 11.4 Å². The number of hydrogen-bond donors (Lipinski definition) is 0. The summed E-state index contributed by atoms with van der Waals surface area (Å²) in [7, 11) is 0. The van der Waals surface area contributed by atoms with Crippen molar-refractivity contribution in [1.29, 1.82) is 0 Å². The first-order valence-electron chi connectivity index (χ1n) is 5.71. The average Bonchev–Trinajstić information content (AvgIpc) is 2.42. The SMILES string of the molecule is Fc1cc(C(Br)c2ccc(OC(F)F)cc2)c(F)cc1Br. The Morgan fingerprint density at radius 2 is 1.57 bits per heavy atom. The third-order valence-corrected chi connectivity index (χ3v) is 4.34. The molecule has 2 aromatic carbocycles. The minimum Gasteiger partial charge on any atom is -0.435 e. The molecular weight excluding hydrogens is 420 g/mol. The Morgan fingerprint density at radius 1 is 0.952 bits per heavy atom. The molecule has 0 radical (unpaired) electrons. The molecule has 0 aliphatic rings. The van der Waals surface area contributed by atoms with Crippen molar-refractivity contribution in [3.05, 3.63) is 63.6 Å². The molecule has 0 aliphatic carbocycles. The van der Waals surface area contributed by atoms with E-state index in [-0.39, 0.29) is 15.8 Å². The van der Waals surface area contributed by atoms with Crippen LogP contribution in [0.3, 0.4) is 0 Å². The Morgan fingerprint density at radius 3 is 2.14 bits per heavy atom. The van der Waals surface area contributed by atoms with Gasteiger partial charge in [-0.05, 0) is 45.8 Å². The van der Waals surface area contributed by atoms with Gasteiger partial charge in [-0.1, -0.05) is 28.1 Å². The zero-order chi connectivity index (χ0) is 15.6. The third-order valence-electron chi connectivity index (χ3n) is 2.71. The molecule has 112 valence electrons. The molecule has 0 aromatic heterocycles. The molecule has 0 N–H and O–H groups in total. The summed E-state index contributed by atoms with van der Waals surface area (Å²) in [6.45, 7) is -2.91. The molecule has 1 nitrogen and oxygen atoms in total. The molecule has 0 heterocycles. The molecule has 0 amide bonds. The number of alkyl halides is 3. The largest absolute Gasteiger partial charge is 0.435 e. The molecule has 21 heavy (non-hydrogen) atoms. The van der Waals surface area contributed by atoms with E-state index < -0.39 is 23.1 Å². The number of hydrogen-bond acceptors (Lipinski definition) is 1. The first-order chi connectivity index (χ1) is 9.88. The molecule has 2 rings (SSSR count). The van der Waals surface area contributed by atoms with E-state index >= 15 is 0 Å². The number of ether oxygens (including phenoxy) is 1. The van der Waals surface area contributed by atoms with Gasteiger partial charge in [-0.2, -0.15) is 8.78 Å². The normalized spacial score (nSPS) is 12.5. The van der Waals surface area contributed by atoms with E-state index in [1.807, 2.05) is 0 Å². The Hall–Kier alpha value is -1.08. The van der Waals surface area contributed by atoms with E-state index in [0.717, 1.165) is 12.1 Å². The molecule has 0 bridgehead atoms. The monoisotopic (exact) mass is 426 g/mol. The second-order valence-corrected chi connectivity index (χ2v) is 5.87. The predicted molar refractivity (Wildman–Crippen MR) is 77.9 cm³/mol. The lowest BCUT2D eigenvalue weighted by Gasteiger charge is -2.13. The molecule has 1 unspecified atom stereocenters. The van der Waals surface area contributed by atoms with Crippen LogP contribution in [0.25, 0.3) is 0 Å². The Bertz CT molecular complexity index is 632. The highest BCUT2D eigenvalue weighted by Gasteiger charge is 2.18. The van der Waals surface area contributed by atoms with Gasteiger partial charge in [0.25, 0.3) is 0 Å². The van der Waals surface area contributed by atoms with Gasteiger partial charge in [-0.15, -0.1) is 0 Å². The second-order valence-electron chi connectivity index (χ2n) is 4.10. The fourth-order valence-corrected chi connectivity index (χ4v) is 2.70. The quantitative estimate of drug-likeness (QED) is 0.339. The van der Waals surface area contributed by atoms with Gasteiger partial charge in [0, 0.05) is 5.56 Å². The van der Waals surface area contributed by atoms with E-state index in [2.05, 4.69) is 36.6 Å². The van der Waals surface area contributed by atoms with Crippen molar-refractivity contribution in [3.63, 3.8) is 0 Å². The zero-order valence-electron chi connectivity index (χ0n) is 10.3. The van der Waals surface area contributed by atoms with E-state index in [1.54, 1.807) is 0 Å². The molecular formula is C14H8Br2F4O. The molecule has 0 spiro atoms. The third kappa shape index (κ3) is 3.97. The predicted octanol–water partition coefficient (Wildman–Crippen LogP) is 5.81. The highest BCUT2D eigenvalue weighted by molar-refractivity contribution is 9.10. The Labute approximate surface area is 135 Å². The molecule has 0 aliphatic heterocycles. The molecule has 2 aromatic rings. The van der Waals surface area contributed by atoms with Crippen LogP contribution in [0.4, 0.5) is 17.6 Å². The summed E-state index contributed by atoms with van der Waals surface area (Å²) in [5, 5.41) is 0. The lowest BCUT2D eigenvalue weighted by molar-refractivity contribution is -0.0498. The van der Waals surface area contributed by atoms with Crippen LogP contribution in [-0.2, 0) is 0 Å². The molecule has 0 saturated heterocycles. The topological polar surface area (TPSA) is 9.23 Å². The van der Waals surface area contributed by atoms with E-state index in [0.29, 0.717) is 5.56 Å². The summed E-state index contributed by atoms with van der Waals surface area (Å²) in [6, 6.07) is 7.77. The average molecular weight is 428 g/mol. The van der Waals surface area contributed by atoms with Crippen LogP contribution in [0, 0.1) is 11.6 Å². The van der Waals surface area contributed by atoms with Crippen molar-refractivity contribution in [1.82, 2.24) is 0 Å². The lowest BCUT2D eigenvalue weighted by atomic mass is 10.0. The maximum absolute atomic E-state index is 13.9. The van der Waals surface area contributed by atoms with Crippen molar-refractivity contribution in [3.8, 4) is 5.75 Å². The van der Waals surface area contributed by atoms with Crippen LogP contribution < -0.4 is 4.74 Å². The minimum atomic E-state index is -2.91. The van der Waals surface area contributed by atoms with E-state index in [1.165, 1.54) is 24.3 Å². The van der Waals surface area contributed by atoms with Crippen LogP contribution in [-0.4, -0.2) is 6.61 Å². The molecule has 0 saturated carbocycles. The van der Waals surface area contributed by atoms with Crippen LogP contribution in [0.1, 0.15) is 16.0 Å². The second kappa shape index (κ2) is 6.79. The summed E-state index contributed by atoms with van der Waals surface area (Å²) in [4.78, 5) is -0.610. The van der Waals surface area contributed by atoms with Gasteiger partial charge in [0.1, 0.15) is 17.4 Å². The van der Waals surface area contributed by atoms with Crippen LogP contribution in [0.5, 0.6) is 5.75 Å². The smallest absolute Gasteiger partial charge is 0.387 e. The standard InChI is InChI=1S/C14H8Br2F4O/c15-10-6-11(17)9(5-12(10)18)13(16)7-1-3-8(4-2-7)21-14(19)20/h1-6,13-14H. The van der Waals surface area contributed by atoms with E-state index in [4.69, 9.17) is 0 Å². The van der Waals surface area contributed by atoms with Crippen molar-refractivity contribution in [2.75, 3.05) is 0 Å². The van der Waals surface area contributed by atoms with Gasteiger partial charge in [0.2, 0.25) is 0 Å². The van der Waals surface area contributed by atoms with Crippen molar-refractivity contribution < 1.29 is 22.3 Å². The maximum atomic E-state index is 13.9. The van der Waals surface area contributed by atoms with Gasteiger partial charge in [-0.3, -0.25) is 0 Å². The fourth-order valence-electron chi connectivity index (χ4n) is 1.73. The Balaban J connectivity index is 2.27. The van der Waals surface area contributed by atoms with Crippen molar-refractivity contribution in [2.24, 2.45) is 0 Å². The lowest BCUT2D eigenvalue weighted by Crippen LogP contribution is -2.02. The Kier molecular flexibility index (Phi) is 5.27. The van der Waals surface area contributed by atoms with E-state index in [9.17, 15) is 17.6 Å². The summed E-state index contributed by atoms with van der Waals surface area (Å²) in [5.74, 6) is -1.18.